The summed E-state index contributed by atoms with van der Waals surface area (Å²) in [6.07, 6.45) is 5.46. The molecule has 4 nitrogen and oxygen atoms in total. The van der Waals surface area contributed by atoms with E-state index in [0.29, 0.717) is 11.8 Å². The highest BCUT2D eigenvalue weighted by Gasteiger charge is 2.24. The summed E-state index contributed by atoms with van der Waals surface area (Å²) in [6, 6.07) is 0. The summed E-state index contributed by atoms with van der Waals surface area (Å²) in [7, 11) is 0. The Morgan fingerprint density at radius 2 is 1.90 bits per heavy atom. The van der Waals surface area contributed by atoms with E-state index in [1.165, 1.54) is 12.8 Å². The fraction of sp³-hybridized carbons (Fsp3) is 0.933. The minimum absolute atomic E-state index is 0. The van der Waals surface area contributed by atoms with Gasteiger partial charge in [-0.1, -0.05) is 33.1 Å². The number of nitrogens with zero attached hydrogens (tertiary/aromatic N) is 1. The van der Waals surface area contributed by atoms with Gasteiger partial charge in [0, 0.05) is 25.6 Å². The zero-order chi connectivity index (χ0) is 14.1. The molecular weight excluding hydrogens is 365 g/mol. The summed E-state index contributed by atoms with van der Waals surface area (Å²) in [4.78, 5) is 4.65. The molecule has 1 aliphatic carbocycles. The topological polar surface area (TPSA) is 56.7 Å². The van der Waals surface area contributed by atoms with Gasteiger partial charge >= 0.3 is 0 Å². The molecule has 1 aliphatic rings. The summed E-state index contributed by atoms with van der Waals surface area (Å²) >= 11 is 0. The van der Waals surface area contributed by atoms with E-state index in [4.69, 9.17) is 0 Å². The number of nitrogens with one attached hydrogen (secondary N) is 2. The molecule has 5 heteroatoms. The molecule has 0 spiro atoms. The highest BCUT2D eigenvalue weighted by atomic mass is 127. The average molecular weight is 397 g/mol. The van der Waals surface area contributed by atoms with Gasteiger partial charge in [0.05, 0.1) is 6.10 Å². The normalized spacial score (nSPS) is 22.8. The van der Waals surface area contributed by atoms with Gasteiger partial charge in [-0.15, -0.1) is 24.0 Å². The van der Waals surface area contributed by atoms with Gasteiger partial charge in [-0.2, -0.15) is 0 Å². The molecular formula is C15H32IN3O. The van der Waals surface area contributed by atoms with Crippen molar-refractivity contribution < 1.29 is 5.11 Å². The second-order valence-corrected chi connectivity index (χ2v) is 5.54. The first-order valence-corrected chi connectivity index (χ1v) is 7.91. The van der Waals surface area contributed by atoms with Gasteiger partial charge in [0.1, 0.15) is 0 Å². The first-order chi connectivity index (χ1) is 9.21. The molecule has 2 unspecified atom stereocenters. The van der Waals surface area contributed by atoms with Crippen LogP contribution in [0.3, 0.4) is 0 Å². The lowest BCUT2D eigenvalue weighted by Crippen LogP contribution is -2.41. The third-order valence-electron chi connectivity index (χ3n) is 4.16. The highest BCUT2D eigenvalue weighted by Crippen LogP contribution is 2.24. The number of aliphatic hydroxyl groups is 1. The lowest BCUT2D eigenvalue weighted by molar-refractivity contribution is 0.134. The molecule has 1 saturated carbocycles. The van der Waals surface area contributed by atoms with Crippen molar-refractivity contribution in [1.29, 1.82) is 0 Å². The number of hydrogen-bond acceptors (Lipinski definition) is 2. The van der Waals surface area contributed by atoms with E-state index in [-0.39, 0.29) is 30.1 Å². The molecule has 0 bridgehead atoms. The monoisotopic (exact) mass is 397 g/mol. The highest BCUT2D eigenvalue weighted by molar-refractivity contribution is 14.0. The molecule has 1 rings (SSSR count). The van der Waals surface area contributed by atoms with Crippen LogP contribution in [0.1, 0.15) is 52.9 Å². The van der Waals surface area contributed by atoms with Crippen molar-refractivity contribution in [2.75, 3.05) is 19.6 Å². The van der Waals surface area contributed by atoms with Crippen LogP contribution in [0.25, 0.3) is 0 Å². The van der Waals surface area contributed by atoms with Gasteiger partial charge in [0.2, 0.25) is 0 Å². The summed E-state index contributed by atoms with van der Waals surface area (Å²) in [5, 5.41) is 16.5. The Morgan fingerprint density at radius 1 is 1.20 bits per heavy atom. The Balaban J connectivity index is 0.00000361. The van der Waals surface area contributed by atoms with Gasteiger partial charge in [0.15, 0.2) is 5.96 Å². The Kier molecular flexibility index (Phi) is 11.6. The van der Waals surface area contributed by atoms with Gasteiger partial charge in [-0.25, -0.2) is 0 Å². The third-order valence-corrected chi connectivity index (χ3v) is 4.16. The zero-order valence-electron chi connectivity index (χ0n) is 13.2. The van der Waals surface area contributed by atoms with Crippen molar-refractivity contribution in [3.8, 4) is 0 Å². The number of guanidine groups is 1. The summed E-state index contributed by atoms with van der Waals surface area (Å²) in [6.45, 7) is 9.12. The second kappa shape index (κ2) is 11.6. The predicted octanol–water partition coefficient (Wildman–Crippen LogP) is 2.76. The molecule has 20 heavy (non-hydrogen) atoms. The average Bonchev–Trinajstić information content (AvgIpc) is 2.82. The van der Waals surface area contributed by atoms with E-state index in [0.717, 1.165) is 44.9 Å². The largest absolute Gasteiger partial charge is 0.393 e. The van der Waals surface area contributed by atoms with Crippen LogP contribution in [0.15, 0.2) is 4.99 Å². The van der Waals surface area contributed by atoms with Crippen molar-refractivity contribution in [2.24, 2.45) is 16.8 Å². The first-order valence-electron chi connectivity index (χ1n) is 7.91. The lowest BCUT2D eigenvalue weighted by atomic mass is 10.0. The van der Waals surface area contributed by atoms with Crippen LogP contribution in [0, 0.1) is 11.8 Å². The van der Waals surface area contributed by atoms with Gasteiger partial charge in [-0.3, -0.25) is 4.99 Å². The van der Waals surface area contributed by atoms with Crippen LogP contribution in [0.5, 0.6) is 0 Å². The van der Waals surface area contributed by atoms with Crippen LogP contribution in [0.2, 0.25) is 0 Å². The molecule has 0 amide bonds. The van der Waals surface area contributed by atoms with Crippen LogP contribution in [0.4, 0.5) is 0 Å². The standard InChI is InChI=1S/C15H31N3O.HI/c1-4-12(5-2)10-17-15(16-6-3)18-11-13-8-7-9-14(13)19;/h12-14,19H,4-11H2,1-3H3,(H2,16,17,18);1H. The SMILES string of the molecule is CCNC(=NCC(CC)CC)NCC1CCCC1O.I. The van der Waals surface area contributed by atoms with Gasteiger partial charge in [-0.05, 0) is 25.7 Å². The number of hydrogen-bond donors (Lipinski definition) is 3. The van der Waals surface area contributed by atoms with Crippen LogP contribution in [-0.2, 0) is 0 Å². The Hall–Kier alpha value is -0.0400. The molecule has 3 N–H and O–H groups in total. The van der Waals surface area contributed by atoms with Crippen LogP contribution < -0.4 is 10.6 Å². The summed E-state index contributed by atoms with van der Waals surface area (Å²) < 4.78 is 0. The smallest absolute Gasteiger partial charge is 0.191 e. The van der Waals surface area contributed by atoms with Crippen LogP contribution in [-0.4, -0.2) is 36.8 Å². The van der Waals surface area contributed by atoms with Crippen LogP contribution >= 0.6 is 24.0 Å². The Bertz CT molecular complexity index is 270. The Morgan fingerprint density at radius 3 is 2.40 bits per heavy atom. The zero-order valence-corrected chi connectivity index (χ0v) is 15.5. The van der Waals surface area contributed by atoms with E-state index in [2.05, 4.69) is 36.4 Å². The maximum atomic E-state index is 9.83. The summed E-state index contributed by atoms with van der Waals surface area (Å²) in [5.74, 6) is 1.96. The maximum Gasteiger partial charge on any atom is 0.191 e. The molecule has 0 saturated heterocycles. The number of aliphatic imine (C=N–C) groups is 1. The van der Waals surface area contributed by atoms with E-state index in [9.17, 15) is 5.11 Å². The number of halogens is 1. The molecule has 0 heterocycles. The van der Waals surface area contributed by atoms with Gasteiger partial charge < -0.3 is 15.7 Å². The van der Waals surface area contributed by atoms with Crippen molar-refractivity contribution in [3.05, 3.63) is 0 Å². The fourth-order valence-corrected chi connectivity index (χ4v) is 2.59. The van der Waals surface area contributed by atoms with Crippen molar-refractivity contribution in [3.63, 3.8) is 0 Å². The number of rotatable bonds is 7. The minimum atomic E-state index is -0.130. The molecule has 0 aromatic carbocycles. The molecule has 2 atom stereocenters. The van der Waals surface area contributed by atoms with E-state index in [1.807, 2.05) is 0 Å². The summed E-state index contributed by atoms with van der Waals surface area (Å²) in [5.41, 5.74) is 0. The van der Waals surface area contributed by atoms with Crippen molar-refractivity contribution in [1.82, 2.24) is 10.6 Å². The molecule has 120 valence electrons. The fourth-order valence-electron chi connectivity index (χ4n) is 2.59. The molecule has 0 radical (unpaired) electrons. The first kappa shape index (κ1) is 20.0. The second-order valence-electron chi connectivity index (χ2n) is 5.54. The molecule has 0 aliphatic heterocycles. The quantitative estimate of drug-likeness (QED) is 0.352. The lowest BCUT2D eigenvalue weighted by Gasteiger charge is -2.18. The molecule has 1 fully saturated rings. The minimum Gasteiger partial charge on any atom is -0.393 e. The predicted molar refractivity (Wildman–Crippen MR) is 96.8 cm³/mol. The van der Waals surface area contributed by atoms with Gasteiger partial charge in [0.25, 0.3) is 0 Å². The third kappa shape index (κ3) is 7.11. The van der Waals surface area contributed by atoms with E-state index >= 15 is 0 Å². The number of aliphatic hydroxyl groups excluding tert-OH is 1. The van der Waals surface area contributed by atoms with E-state index < -0.39 is 0 Å². The maximum absolute atomic E-state index is 9.83. The Labute approximate surface area is 141 Å². The van der Waals surface area contributed by atoms with E-state index in [1.54, 1.807) is 0 Å². The van der Waals surface area contributed by atoms with Crippen molar-refractivity contribution in [2.45, 2.75) is 59.0 Å². The molecule has 0 aromatic rings. The van der Waals surface area contributed by atoms with Crippen molar-refractivity contribution >= 4 is 29.9 Å². The molecule has 0 aromatic heterocycles.